The van der Waals surface area contributed by atoms with E-state index in [0.717, 1.165) is 25.7 Å². The third-order valence-corrected chi connectivity index (χ3v) is 5.44. The molecule has 0 atom stereocenters. The first-order valence-electron chi connectivity index (χ1n) is 5.77. The van der Waals surface area contributed by atoms with Crippen LogP contribution in [0.5, 0.6) is 0 Å². The van der Waals surface area contributed by atoms with Gasteiger partial charge in [0.25, 0.3) is 0 Å². The predicted molar refractivity (Wildman–Crippen MR) is 67.4 cm³/mol. The summed E-state index contributed by atoms with van der Waals surface area (Å²) < 4.78 is 25.6. The second-order valence-corrected chi connectivity index (χ2v) is 6.70. The van der Waals surface area contributed by atoms with Gasteiger partial charge >= 0.3 is 0 Å². The molecule has 1 N–H and O–H groups in total. The molecule has 2 fully saturated rings. The molecule has 6 heteroatoms. The summed E-state index contributed by atoms with van der Waals surface area (Å²) in [5.41, 5.74) is 0. The second kappa shape index (κ2) is 5.67. The standard InChI is InChI=1S/C10H20N2O2S.ClH/c1-11-10-4-6-12(7-5-10)15(13,14)8-9-2-3-9;/h9-11H,2-8H2,1H3;1H. The number of halogens is 1. The van der Waals surface area contributed by atoms with Gasteiger partial charge in [-0.05, 0) is 38.6 Å². The summed E-state index contributed by atoms with van der Waals surface area (Å²) in [7, 11) is -1.00. The molecule has 96 valence electrons. The first kappa shape index (κ1) is 14.2. The Morgan fingerprint density at radius 3 is 2.19 bits per heavy atom. The van der Waals surface area contributed by atoms with Crippen molar-refractivity contribution >= 4 is 22.4 Å². The summed E-state index contributed by atoms with van der Waals surface area (Å²) in [6, 6.07) is 0.498. The minimum Gasteiger partial charge on any atom is -0.317 e. The van der Waals surface area contributed by atoms with Crippen LogP contribution >= 0.6 is 12.4 Å². The van der Waals surface area contributed by atoms with Gasteiger partial charge in [-0.15, -0.1) is 12.4 Å². The fraction of sp³-hybridized carbons (Fsp3) is 1.00. The van der Waals surface area contributed by atoms with Crippen LogP contribution in [0.3, 0.4) is 0 Å². The lowest BCUT2D eigenvalue weighted by molar-refractivity contribution is 0.298. The molecule has 2 rings (SSSR count). The topological polar surface area (TPSA) is 49.4 Å². The summed E-state index contributed by atoms with van der Waals surface area (Å²) in [5, 5.41) is 3.21. The molecule has 1 aliphatic heterocycles. The Bertz CT molecular complexity index is 309. The molecule has 0 aromatic rings. The molecule has 0 aromatic heterocycles. The first-order chi connectivity index (χ1) is 7.12. The van der Waals surface area contributed by atoms with Crippen LogP contribution in [0.2, 0.25) is 0 Å². The lowest BCUT2D eigenvalue weighted by atomic mass is 10.1. The van der Waals surface area contributed by atoms with E-state index in [9.17, 15) is 8.42 Å². The molecule has 16 heavy (non-hydrogen) atoms. The molecule has 0 aromatic carbocycles. The van der Waals surface area contributed by atoms with Gasteiger partial charge in [0.05, 0.1) is 5.75 Å². The highest BCUT2D eigenvalue weighted by molar-refractivity contribution is 7.89. The SMILES string of the molecule is CNC1CCN(S(=O)(=O)CC2CC2)CC1.Cl. The van der Waals surface area contributed by atoms with Crippen molar-refractivity contribution in [3.8, 4) is 0 Å². The van der Waals surface area contributed by atoms with E-state index in [0.29, 0.717) is 30.8 Å². The van der Waals surface area contributed by atoms with Gasteiger partial charge in [-0.1, -0.05) is 0 Å². The Morgan fingerprint density at radius 2 is 1.75 bits per heavy atom. The molecule has 0 spiro atoms. The second-order valence-electron chi connectivity index (χ2n) is 4.68. The van der Waals surface area contributed by atoms with Crippen LogP contribution in [0.1, 0.15) is 25.7 Å². The van der Waals surface area contributed by atoms with Gasteiger partial charge in [-0.2, -0.15) is 0 Å². The van der Waals surface area contributed by atoms with Crippen LogP contribution in [0.4, 0.5) is 0 Å². The lowest BCUT2D eigenvalue weighted by Crippen LogP contribution is -2.44. The van der Waals surface area contributed by atoms with Gasteiger partial charge in [-0.3, -0.25) is 0 Å². The van der Waals surface area contributed by atoms with E-state index in [-0.39, 0.29) is 12.4 Å². The average molecular weight is 269 g/mol. The van der Waals surface area contributed by atoms with Crippen molar-refractivity contribution in [3.05, 3.63) is 0 Å². The van der Waals surface area contributed by atoms with Crippen LogP contribution in [0.25, 0.3) is 0 Å². The van der Waals surface area contributed by atoms with E-state index in [1.54, 1.807) is 4.31 Å². The number of rotatable bonds is 4. The number of nitrogens with zero attached hydrogens (tertiary/aromatic N) is 1. The minimum atomic E-state index is -2.95. The molecular formula is C10H21ClN2O2S. The van der Waals surface area contributed by atoms with E-state index in [2.05, 4.69) is 5.32 Å². The molecule has 0 bridgehead atoms. The fourth-order valence-corrected chi connectivity index (χ4v) is 4.02. The van der Waals surface area contributed by atoms with Crippen molar-refractivity contribution in [2.75, 3.05) is 25.9 Å². The van der Waals surface area contributed by atoms with Gasteiger partial charge in [0, 0.05) is 19.1 Å². The maximum Gasteiger partial charge on any atom is 0.214 e. The molecule has 2 aliphatic rings. The highest BCUT2D eigenvalue weighted by atomic mass is 35.5. The average Bonchev–Trinajstić information content (AvgIpc) is 3.01. The Balaban J connectivity index is 0.00000128. The number of piperidine rings is 1. The number of hydrogen-bond acceptors (Lipinski definition) is 3. The van der Waals surface area contributed by atoms with E-state index in [1.165, 1.54) is 0 Å². The summed E-state index contributed by atoms with van der Waals surface area (Å²) in [4.78, 5) is 0. The van der Waals surface area contributed by atoms with Gasteiger partial charge in [0.1, 0.15) is 0 Å². The molecule has 0 radical (unpaired) electrons. The zero-order valence-electron chi connectivity index (χ0n) is 9.68. The van der Waals surface area contributed by atoms with Crippen molar-refractivity contribution in [1.29, 1.82) is 0 Å². The molecule has 0 unspecified atom stereocenters. The lowest BCUT2D eigenvalue weighted by Gasteiger charge is -2.30. The van der Waals surface area contributed by atoms with Crippen LogP contribution in [0.15, 0.2) is 0 Å². The van der Waals surface area contributed by atoms with Crippen LogP contribution < -0.4 is 5.32 Å². The summed E-state index contributed by atoms with van der Waals surface area (Å²) in [6.45, 7) is 1.39. The maximum atomic E-state index is 11.9. The minimum absolute atomic E-state index is 0. The largest absolute Gasteiger partial charge is 0.317 e. The zero-order chi connectivity index (χ0) is 10.9. The normalized spacial score (nSPS) is 24.1. The third-order valence-electron chi connectivity index (χ3n) is 3.40. The number of hydrogen-bond donors (Lipinski definition) is 1. The summed E-state index contributed by atoms with van der Waals surface area (Å²) in [6.07, 6.45) is 4.10. The van der Waals surface area contributed by atoms with Crippen LogP contribution in [-0.2, 0) is 10.0 Å². The molecule has 1 saturated carbocycles. The molecule has 4 nitrogen and oxygen atoms in total. The third kappa shape index (κ3) is 3.58. The molecule has 0 amide bonds. The highest BCUT2D eigenvalue weighted by Gasteiger charge is 2.33. The monoisotopic (exact) mass is 268 g/mol. The Kier molecular flexibility index (Phi) is 5.04. The van der Waals surface area contributed by atoms with E-state index in [1.807, 2.05) is 7.05 Å². The van der Waals surface area contributed by atoms with E-state index >= 15 is 0 Å². The van der Waals surface area contributed by atoms with Crippen molar-refractivity contribution in [3.63, 3.8) is 0 Å². The quantitative estimate of drug-likeness (QED) is 0.822. The van der Waals surface area contributed by atoms with Crippen molar-refractivity contribution in [2.24, 2.45) is 5.92 Å². The Labute approximate surface area is 104 Å². The van der Waals surface area contributed by atoms with E-state index in [4.69, 9.17) is 0 Å². The number of sulfonamides is 1. The Hall–Kier alpha value is 0.160. The number of nitrogens with one attached hydrogen (secondary N) is 1. The fourth-order valence-electron chi connectivity index (χ4n) is 2.11. The van der Waals surface area contributed by atoms with Gasteiger partial charge < -0.3 is 5.32 Å². The maximum absolute atomic E-state index is 11.9. The highest BCUT2D eigenvalue weighted by Crippen LogP contribution is 2.31. The predicted octanol–water partition coefficient (Wildman–Crippen LogP) is 0.832. The molecular weight excluding hydrogens is 248 g/mol. The first-order valence-corrected chi connectivity index (χ1v) is 7.38. The van der Waals surface area contributed by atoms with Gasteiger partial charge in [0.2, 0.25) is 10.0 Å². The van der Waals surface area contributed by atoms with Gasteiger partial charge in [-0.25, -0.2) is 12.7 Å². The van der Waals surface area contributed by atoms with Crippen LogP contribution in [0, 0.1) is 5.92 Å². The van der Waals surface area contributed by atoms with Crippen molar-refractivity contribution < 1.29 is 8.42 Å². The van der Waals surface area contributed by atoms with E-state index < -0.39 is 10.0 Å². The molecule has 1 heterocycles. The van der Waals surface area contributed by atoms with Crippen molar-refractivity contribution in [2.45, 2.75) is 31.7 Å². The van der Waals surface area contributed by atoms with Gasteiger partial charge in [0.15, 0.2) is 0 Å². The summed E-state index contributed by atoms with van der Waals surface area (Å²) in [5.74, 6) is 0.842. The van der Waals surface area contributed by atoms with Crippen LogP contribution in [-0.4, -0.2) is 44.7 Å². The summed E-state index contributed by atoms with van der Waals surface area (Å²) >= 11 is 0. The zero-order valence-corrected chi connectivity index (χ0v) is 11.3. The Morgan fingerprint density at radius 1 is 1.19 bits per heavy atom. The molecule has 1 saturated heterocycles. The van der Waals surface area contributed by atoms with Crippen molar-refractivity contribution in [1.82, 2.24) is 9.62 Å². The molecule has 1 aliphatic carbocycles. The smallest absolute Gasteiger partial charge is 0.214 e.